The van der Waals surface area contributed by atoms with Gasteiger partial charge in [-0.05, 0) is 60.0 Å². The first kappa shape index (κ1) is 18.4. The van der Waals surface area contributed by atoms with E-state index >= 15 is 0 Å². The maximum atomic E-state index is 12.4. The van der Waals surface area contributed by atoms with Crippen LogP contribution in [0.3, 0.4) is 0 Å². The number of hydrogen-bond donors (Lipinski definition) is 1. The zero-order chi connectivity index (χ0) is 20.4. The number of pyridine rings is 2. The van der Waals surface area contributed by atoms with Crippen molar-refractivity contribution in [3.05, 3.63) is 71.7 Å². The van der Waals surface area contributed by atoms with E-state index in [1.54, 1.807) is 37.8 Å². The second-order valence-electron chi connectivity index (χ2n) is 6.71. The normalized spacial score (nSPS) is 10.7. The lowest BCUT2D eigenvalue weighted by atomic mass is 9.99. The van der Waals surface area contributed by atoms with Gasteiger partial charge in [-0.1, -0.05) is 12.1 Å². The molecule has 1 amide bonds. The first-order valence-electron chi connectivity index (χ1n) is 9.04. The van der Waals surface area contributed by atoms with E-state index in [4.69, 9.17) is 0 Å². The smallest absolute Gasteiger partial charge is 0.258 e. The summed E-state index contributed by atoms with van der Waals surface area (Å²) in [4.78, 5) is 22.3. The fourth-order valence-electron chi connectivity index (χ4n) is 2.98. The molecule has 0 atom stereocenters. The molecule has 8 nitrogen and oxygen atoms in total. The van der Waals surface area contributed by atoms with Gasteiger partial charge in [-0.15, -0.1) is 10.2 Å². The standard InChI is InChI=1S/C21H19N7O/c1-13-4-5-15(20-25-27-28(3)26-20)10-17(13)16-6-7-19(23-11-16)24-21(29)18-12-22-9-8-14(18)2/h4-12H,1-3H3,(H,23,24,29). The summed E-state index contributed by atoms with van der Waals surface area (Å²) in [6, 6.07) is 11.5. The van der Waals surface area contributed by atoms with E-state index < -0.39 is 0 Å². The molecule has 0 aliphatic carbocycles. The highest BCUT2D eigenvalue weighted by molar-refractivity contribution is 6.04. The van der Waals surface area contributed by atoms with Gasteiger partial charge >= 0.3 is 0 Å². The van der Waals surface area contributed by atoms with Gasteiger partial charge in [0.25, 0.3) is 5.91 Å². The van der Waals surface area contributed by atoms with Crippen molar-refractivity contribution in [2.45, 2.75) is 13.8 Å². The molecule has 0 unspecified atom stereocenters. The number of aryl methyl sites for hydroxylation is 3. The molecular formula is C21H19N7O. The zero-order valence-electron chi connectivity index (χ0n) is 16.3. The van der Waals surface area contributed by atoms with Crippen LogP contribution in [0.15, 0.2) is 55.0 Å². The first-order chi connectivity index (χ1) is 14.0. The maximum Gasteiger partial charge on any atom is 0.258 e. The van der Waals surface area contributed by atoms with Crippen LogP contribution in [0.5, 0.6) is 0 Å². The fraction of sp³-hybridized carbons (Fsp3) is 0.143. The molecule has 0 spiro atoms. The number of tetrazole rings is 1. The van der Waals surface area contributed by atoms with Gasteiger partial charge in [0.1, 0.15) is 5.82 Å². The lowest BCUT2D eigenvalue weighted by Gasteiger charge is -2.10. The van der Waals surface area contributed by atoms with Gasteiger partial charge in [0, 0.05) is 29.7 Å². The summed E-state index contributed by atoms with van der Waals surface area (Å²) in [6.45, 7) is 3.90. The number of anilines is 1. The van der Waals surface area contributed by atoms with Crippen LogP contribution in [-0.2, 0) is 7.05 Å². The van der Waals surface area contributed by atoms with Gasteiger partial charge in [0.2, 0.25) is 5.82 Å². The third kappa shape index (κ3) is 3.86. The molecule has 144 valence electrons. The van der Waals surface area contributed by atoms with Crippen LogP contribution < -0.4 is 5.32 Å². The molecule has 4 rings (SSSR count). The predicted octanol–water partition coefficient (Wildman–Crippen LogP) is 3.20. The SMILES string of the molecule is Cc1ccncc1C(=O)Nc1ccc(-c2cc(-c3nnn(C)n3)ccc2C)cn1. The molecule has 8 heteroatoms. The topological polar surface area (TPSA) is 98.5 Å². The summed E-state index contributed by atoms with van der Waals surface area (Å²) in [5.74, 6) is 0.812. The summed E-state index contributed by atoms with van der Waals surface area (Å²) >= 11 is 0. The highest BCUT2D eigenvalue weighted by Crippen LogP contribution is 2.28. The van der Waals surface area contributed by atoms with Crippen molar-refractivity contribution in [3.63, 3.8) is 0 Å². The zero-order valence-corrected chi connectivity index (χ0v) is 16.3. The van der Waals surface area contributed by atoms with E-state index in [1.165, 1.54) is 4.80 Å². The van der Waals surface area contributed by atoms with E-state index in [9.17, 15) is 4.79 Å². The van der Waals surface area contributed by atoms with Crippen LogP contribution in [0.2, 0.25) is 0 Å². The fourth-order valence-corrected chi connectivity index (χ4v) is 2.98. The molecule has 1 aromatic carbocycles. The Hall–Kier alpha value is -3.94. The summed E-state index contributed by atoms with van der Waals surface area (Å²) in [5, 5.41) is 15.0. The van der Waals surface area contributed by atoms with Gasteiger partial charge in [-0.25, -0.2) is 4.98 Å². The Morgan fingerprint density at radius 1 is 1.00 bits per heavy atom. The highest BCUT2D eigenvalue weighted by atomic mass is 16.1. The van der Waals surface area contributed by atoms with E-state index in [2.05, 4.69) is 30.7 Å². The molecule has 0 saturated heterocycles. The number of carbonyl (C=O) groups excluding carboxylic acids is 1. The lowest BCUT2D eigenvalue weighted by Crippen LogP contribution is -2.14. The number of nitrogens with one attached hydrogen (secondary N) is 1. The summed E-state index contributed by atoms with van der Waals surface area (Å²) < 4.78 is 0. The molecule has 0 bridgehead atoms. The van der Waals surface area contributed by atoms with Crippen molar-refractivity contribution in [2.24, 2.45) is 7.05 Å². The molecule has 3 heterocycles. The Kier molecular flexibility index (Phi) is 4.82. The van der Waals surface area contributed by atoms with Crippen LogP contribution in [0.1, 0.15) is 21.5 Å². The van der Waals surface area contributed by atoms with E-state index in [-0.39, 0.29) is 5.91 Å². The number of carbonyl (C=O) groups is 1. The van der Waals surface area contributed by atoms with Crippen LogP contribution in [0.25, 0.3) is 22.5 Å². The van der Waals surface area contributed by atoms with Crippen molar-refractivity contribution in [3.8, 4) is 22.5 Å². The van der Waals surface area contributed by atoms with Crippen molar-refractivity contribution >= 4 is 11.7 Å². The largest absolute Gasteiger partial charge is 0.307 e. The number of nitrogens with zero attached hydrogens (tertiary/aromatic N) is 6. The molecule has 3 aromatic heterocycles. The third-order valence-corrected chi connectivity index (χ3v) is 4.60. The number of rotatable bonds is 4. The van der Waals surface area contributed by atoms with E-state index in [0.717, 1.165) is 27.8 Å². The second kappa shape index (κ2) is 7.59. The van der Waals surface area contributed by atoms with Crippen molar-refractivity contribution in [1.82, 2.24) is 30.2 Å². The Morgan fingerprint density at radius 2 is 1.83 bits per heavy atom. The molecule has 0 radical (unpaired) electrons. The summed E-state index contributed by atoms with van der Waals surface area (Å²) in [7, 11) is 1.73. The monoisotopic (exact) mass is 385 g/mol. The van der Waals surface area contributed by atoms with Crippen molar-refractivity contribution in [1.29, 1.82) is 0 Å². The maximum absolute atomic E-state index is 12.4. The Labute approximate surface area is 167 Å². The molecule has 0 aliphatic rings. The molecule has 0 fully saturated rings. The first-order valence-corrected chi connectivity index (χ1v) is 9.04. The number of hydrogen-bond acceptors (Lipinski definition) is 6. The van der Waals surface area contributed by atoms with Crippen LogP contribution in [0.4, 0.5) is 5.82 Å². The van der Waals surface area contributed by atoms with Crippen molar-refractivity contribution < 1.29 is 4.79 Å². The lowest BCUT2D eigenvalue weighted by molar-refractivity contribution is 0.102. The predicted molar refractivity (Wildman–Crippen MR) is 109 cm³/mol. The third-order valence-electron chi connectivity index (χ3n) is 4.60. The molecule has 1 N–H and O–H groups in total. The molecule has 0 saturated carbocycles. The number of aromatic nitrogens is 6. The quantitative estimate of drug-likeness (QED) is 0.579. The van der Waals surface area contributed by atoms with Gasteiger partial charge < -0.3 is 5.32 Å². The molecule has 0 aliphatic heterocycles. The van der Waals surface area contributed by atoms with Gasteiger partial charge in [-0.3, -0.25) is 9.78 Å². The van der Waals surface area contributed by atoms with E-state index in [0.29, 0.717) is 17.2 Å². The minimum atomic E-state index is -0.234. The van der Waals surface area contributed by atoms with Gasteiger partial charge in [0.05, 0.1) is 12.6 Å². The highest BCUT2D eigenvalue weighted by Gasteiger charge is 2.12. The summed E-state index contributed by atoms with van der Waals surface area (Å²) in [6.07, 6.45) is 4.95. The number of amides is 1. The minimum absolute atomic E-state index is 0.234. The van der Waals surface area contributed by atoms with Gasteiger partial charge in [-0.2, -0.15) is 4.80 Å². The van der Waals surface area contributed by atoms with Crippen LogP contribution >= 0.6 is 0 Å². The van der Waals surface area contributed by atoms with Crippen LogP contribution in [-0.4, -0.2) is 36.1 Å². The molecule has 4 aromatic rings. The average Bonchev–Trinajstić information content (AvgIpc) is 3.16. The molecule has 29 heavy (non-hydrogen) atoms. The minimum Gasteiger partial charge on any atom is -0.307 e. The second-order valence-corrected chi connectivity index (χ2v) is 6.71. The Bertz CT molecular complexity index is 1180. The average molecular weight is 385 g/mol. The van der Waals surface area contributed by atoms with Crippen LogP contribution in [0, 0.1) is 13.8 Å². The summed E-state index contributed by atoms with van der Waals surface area (Å²) in [5.41, 5.74) is 5.31. The van der Waals surface area contributed by atoms with Crippen molar-refractivity contribution in [2.75, 3.05) is 5.32 Å². The number of benzene rings is 1. The Morgan fingerprint density at radius 3 is 2.52 bits per heavy atom. The molecular weight excluding hydrogens is 366 g/mol. The van der Waals surface area contributed by atoms with Gasteiger partial charge in [0.15, 0.2) is 0 Å². The van der Waals surface area contributed by atoms with E-state index in [1.807, 2.05) is 38.1 Å². The Balaban J connectivity index is 1.58.